The molecule has 2 aromatic heterocycles. The van der Waals surface area contributed by atoms with E-state index < -0.39 is 10.8 Å². The molecule has 11 heteroatoms. The first-order chi connectivity index (χ1) is 14.8. The standard InChI is InChI=1S/C20H10BrClIN3O5/c21-11-5-10-6-18(31-19(10)15(23)7-11)20(27)25-24-9-13-2-4-17(30-13)14-3-1-12(22)8-16(14)26(28)29/h1-9H,(H,25,27)/b24-9-. The summed E-state index contributed by atoms with van der Waals surface area (Å²) in [4.78, 5) is 23.1. The maximum atomic E-state index is 12.3. The first kappa shape index (κ1) is 21.5. The molecule has 8 nitrogen and oxygen atoms in total. The van der Waals surface area contributed by atoms with Gasteiger partial charge in [0.1, 0.15) is 17.1 Å². The first-order valence-electron chi connectivity index (χ1n) is 8.58. The Morgan fingerprint density at radius 2 is 2.00 bits per heavy atom. The largest absolute Gasteiger partial charge is 0.455 e. The topological polar surface area (TPSA) is 111 Å². The predicted molar refractivity (Wildman–Crippen MR) is 127 cm³/mol. The van der Waals surface area contributed by atoms with E-state index in [2.05, 4.69) is 49.0 Å². The average molecular weight is 615 g/mol. The minimum Gasteiger partial charge on any atom is -0.455 e. The van der Waals surface area contributed by atoms with Crippen molar-refractivity contribution >= 4 is 78.9 Å². The van der Waals surface area contributed by atoms with Crippen molar-refractivity contribution in [3.8, 4) is 11.3 Å². The monoisotopic (exact) mass is 613 g/mol. The zero-order valence-corrected chi connectivity index (χ0v) is 19.8. The van der Waals surface area contributed by atoms with Crippen LogP contribution in [0.25, 0.3) is 22.3 Å². The third kappa shape index (κ3) is 4.65. The summed E-state index contributed by atoms with van der Waals surface area (Å²) in [5.41, 5.74) is 3.08. The van der Waals surface area contributed by atoms with Gasteiger partial charge in [0.05, 0.1) is 20.3 Å². The number of nitrogens with one attached hydrogen (secondary N) is 1. The SMILES string of the molecule is O=C(N/N=C\c1ccc(-c2ccc(Cl)cc2[N+](=O)[O-])o1)c1cc2cc(Br)cc(I)c2o1. The number of furan rings is 2. The van der Waals surface area contributed by atoms with Crippen LogP contribution in [0.4, 0.5) is 5.69 Å². The molecular weight excluding hydrogens is 604 g/mol. The van der Waals surface area contributed by atoms with E-state index in [9.17, 15) is 14.9 Å². The summed E-state index contributed by atoms with van der Waals surface area (Å²) >= 11 is 11.4. The van der Waals surface area contributed by atoms with E-state index in [0.29, 0.717) is 11.3 Å². The van der Waals surface area contributed by atoms with Gasteiger partial charge in [-0.1, -0.05) is 27.5 Å². The summed E-state index contributed by atoms with van der Waals surface area (Å²) < 4.78 is 12.9. The smallest absolute Gasteiger partial charge is 0.307 e. The zero-order valence-electron chi connectivity index (χ0n) is 15.3. The summed E-state index contributed by atoms with van der Waals surface area (Å²) in [6, 6.07) is 12.8. The highest BCUT2D eigenvalue weighted by molar-refractivity contribution is 14.1. The lowest BCUT2D eigenvalue weighted by atomic mass is 10.1. The van der Waals surface area contributed by atoms with Gasteiger partial charge < -0.3 is 8.83 Å². The summed E-state index contributed by atoms with van der Waals surface area (Å²) in [5, 5.41) is 16.2. The van der Waals surface area contributed by atoms with Crippen molar-refractivity contribution in [2.75, 3.05) is 0 Å². The van der Waals surface area contributed by atoms with Crippen molar-refractivity contribution in [3.05, 3.63) is 83.2 Å². The highest BCUT2D eigenvalue weighted by Crippen LogP contribution is 2.33. The fourth-order valence-electron chi connectivity index (χ4n) is 2.83. The van der Waals surface area contributed by atoms with Crippen molar-refractivity contribution in [1.29, 1.82) is 0 Å². The molecule has 156 valence electrons. The summed E-state index contributed by atoms with van der Waals surface area (Å²) in [7, 11) is 0. The second-order valence-corrected chi connectivity index (χ2v) is 8.75. The molecule has 4 rings (SSSR count). The zero-order chi connectivity index (χ0) is 22.1. The molecule has 4 aromatic rings. The first-order valence-corrected chi connectivity index (χ1v) is 10.8. The van der Waals surface area contributed by atoms with E-state index >= 15 is 0 Å². The lowest BCUT2D eigenvalue weighted by molar-refractivity contribution is -0.384. The summed E-state index contributed by atoms with van der Waals surface area (Å²) in [5.74, 6) is 0.149. The molecule has 0 saturated heterocycles. The number of hydrogen-bond acceptors (Lipinski definition) is 6. The second-order valence-electron chi connectivity index (χ2n) is 6.24. The number of carbonyl (C=O) groups is 1. The molecule has 0 spiro atoms. The average Bonchev–Trinajstić information content (AvgIpc) is 3.35. The van der Waals surface area contributed by atoms with Gasteiger partial charge in [-0.15, -0.1) is 0 Å². The number of benzene rings is 2. The molecule has 31 heavy (non-hydrogen) atoms. The third-order valence-corrected chi connectivity index (χ3v) is 5.66. The molecule has 1 N–H and O–H groups in total. The molecule has 2 heterocycles. The highest BCUT2D eigenvalue weighted by Gasteiger charge is 2.19. The Kier molecular flexibility index (Phi) is 6.12. The molecular formula is C20H10BrClIN3O5. The highest BCUT2D eigenvalue weighted by atomic mass is 127. The predicted octanol–water partition coefficient (Wildman–Crippen LogP) is 6.39. The number of nitro groups is 1. The van der Waals surface area contributed by atoms with Crippen LogP contribution >= 0.6 is 50.1 Å². The number of halogens is 3. The van der Waals surface area contributed by atoms with Crippen LogP contribution < -0.4 is 5.43 Å². The molecule has 0 aliphatic carbocycles. The summed E-state index contributed by atoms with van der Waals surface area (Å²) in [6.07, 6.45) is 1.28. The van der Waals surface area contributed by atoms with Crippen molar-refractivity contribution in [2.24, 2.45) is 5.10 Å². The van der Waals surface area contributed by atoms with Gasteiger partial charge in [0, 0.05) is 20.9 Å². The molecule has 1 amide bonds. The van der Waals surface area contributed by atoms with E-state index in [1.165, 1.54) is 24.4 Å². The Balaban J connectivity index is 1.50. The summed E-state index contributed by atoms with van der Waals surface area (Å²) in [6.45, 7) is 0. The Morgan fingerprint density at radius 3 is 2.77 bits per heavy atom. The van der Waals surface area contributed by atoms with Gasteiger partial charge in [0.2, 0.25) is 0 Å². The molecule has 0 atom stereocenters. The van der Waals surface area contributed by atoms with Gasteiger partial charge in [0.25, 0.3) is 5.69 Å². The van der Waals surface area contributed by atoms with Crippen LogP contribution in [0.2, 0.25) is 5.02 Å². The van der Waals surface area contributed by atoms with Crippen LogP contribution in [0, 0.1) is 13.7 Å². The Hall–Kier alpha value is -2.70. The maximum Gasteiger partial charge on any atom is 0.307 e. The molecule has 0 unspecified atom stereocenters. The molecule has 0 bridgehead atoms. The molecule has 0 aliphatic rings. The van der Waals surface area contributed by atoms with Crippen LogP contribution in [0.5, 0.6) is 0 Å². The van der Waals surface area contributed by atoms with Gasteiger partial charge >= 0.3 is 5.91 Å². The Labute approximate surface area is 201 Å². The number of hydrogen-bond donors (Lipinski definition) is 1. The van der Waals surface area contributed by atoms with E-state index in [1.807, 2.05) is 12.1 Å². The molecule has 0 radical (unpaired) electrons. The second kappa shape index (κ2) is 8.81. The number of carbonyl (C=O) groups excluding carboxylic acids is 1. The van der Waals surface area contributed by atoms with Crippen LogP contribution in [-0.2, 0) is 0 Å². The fourth-order valence-corrected chi connectivity index (χ4v) is 4.66. The van der Waals surface area contributed by atoms with Gasteiger partial charge in [-0.2, -0.15) is 5.10 Å². The van der Waals surface area contributed by atoms with Crippen molar-refractivity contribution in [2.45, 2.75) is 0 Å². The third-order valence-electron chi connectivity index (χ3n) is 4.17. The van der Waals surface area contributed by atoms with E-state index in [-0.39, 0.29) is 27.8 Å². The minimum atomic E-state index is -0.537. The quantitative estimate of drug-likeness (QED) is 0.121. The normalized spacial score (nSPS) is 11.3. The fraction of sp³-hybridized carbons (Fsp3) is 0. The van der Waals surface area contributed by atoms with Crippen LogP contribution in [0.1, 0.15) is 16.3 Å². The van der Waals surface area contributed by atoms with Gasteiger partial charge in [-0.25, -0.2) is 5.43 Å². The van der Waals surface area contributed by atoms with Crippen LogP contribution in [0.3, 0.4) is 0 Å². The molecule has 0 aliphatic heterocycles. The number of nitro benzene ring substituents is 1. The molecule has 0 saturated carbocycles. The van der Waals surface area contributed by atoms with E-state index in [4.69, 9.17) is 20.4 Å². The number of amides is 1. The van der Waals surface area contributed by atoms with E-state index in [0.717, 1.165) is 13.4 Å². The lowest BCUT2D eigenvalue weighted by Gasteiger charge is -2.00. The minimum absolute atomic E-state index is 0.111. The number of fused-ring (bicyclic) bond motifs is 1. The molecule has 0 fully saturated rings. The van der Waals surface area contributed by atoms with Crippen molar-refractivity contribution in [1.82, 2.24) is 5.43 Å². The number of rotatable bonds is 5. The van der Waals surface area contributed by atoms with Crippen LogP contribution in [0.15, 0.2) is 66.9 Å². The number of hydrazone groups is 1. The van der Waals surface area contributed by atoms with Gasteiger partial charge in [-0.3, -0.25) is 14.9 Å². The Bertz CT molecular complexity index is 1360. The van der Waals surface area contributed by atoms with E-state index in [1.54, 1.807) is 18.2 Å². The number of nitrogens with zero attached hydrogens (tertiary/aromatic N) is 2. The maximum absolute atomic E-state index is 12.3. The van der Waals surface area contributed by atoms with Crippen LogP contribution in [-0.4, -0.2) is 17.0 Å². The van der Waals surface area contributed by atoms with Gasteiger partial charge in [0.15, 0.2) is 5.76 Å². The molecule has 2 aromatic carbocycles. The lowest BCUT2D eigenvalue weighted by Crippen LogP contribution is -2.16. The van der Waals surface area contributed by atoms with Gasteiger partial charge in [-0.05, 0) is 65.1 Å². The van der Waals surface area contributed by atoms with Crippen molar-refractivity contribution in [3.63, 3.8) is 0 Å². The Morgan fingerprint density at radius 1 is 1.19 bits per heavy atom. The van der Waals surface area contributed by atoms with Crippen molar-refractivity contribution < 1.29 is 18.6 Å².